The molecule has 11 nitrogen and oxygen atoms in total. The molecule has 0 radical (unpaired) electrons. The highest BCUT2D eigenvalue weighted by Gasteiger charge is 2.39. The lowest BCUT2D eigenvalue weighted by Gasteiger charge is -2.36. The first-order valence-corrected chi connectivity index (χ1v) is 19.3. The van der Waals surface area contributed by atoms with E-state index in [1.165, 1.54) is 0 Å². The molecule has 3 aromatic rings. The van der Waals surface area contributed by atoms with Crippen molar-refractivity contribution in [2.75, 3.05) is 32.2 Å². The average Bonchev–Trinajstić information content (AvgIpc) is 3.53. The Kier molecular flexibility index (Phi) is 10.5. The summed E-state index contributed by atoms with van der Waals surface area (Å²) in [6.07, 6.45) is 6.87. The van der Waals surface area contributed by atoms with Crippen LogP contribution in [0.1, 0.15) is 59.6 Å². The summed E-state index contributed by atoms with van der Waals surface area (Å²) >= 11 is 0. The molecule has 0 amide bonds. The van der Waals surface area contributed by atoms with Crippen molar-refractivity contribution < 1.29 is 31.6 Å². The molecular formula is C29H46N4O7SSi. The van der Waals surface area contributed by atoms with Crippen molar-refractivity contribution in [3.8, 4) is 17.0 Å². The molecule has 1 N–H and O–H groups in total. The van der Waals surface area contributed by atoms with E-state index in [0.29, 0.717) is 19.8 Å². The van der Waals surface area contributed by atoms with Crippen LogP contribution in [0.25, 0.3) is 22.2 Å². The second kappa shape index (κ2) is 13.6. The predicted octanol–water partition coefficient (Wildman–Crippen LogP) is 5.68. The minimum Gasteiger partial charge on any atom is -0.543 e. The molecule has 0 spiro atoms. The van der Waals surface area contributed by atoms with Gasteiger partial charge in [0, 0.05) is 30.4 Å². The van der Waals surface area contributed by atoms with Crippen molar-refractivity contribution in [2.24, 2.45) is 0 Å². The van der Waals surface area contributed by atoms with Gasteiger partial charge in [0.15, 0.2) is 6.23 Å². The second-order valence-corrected chi connectivity index (χ2v) is 18.8. The van der Waals surface area contributed by atoms with Gasteiger partial charge in [-0.05, 0) is 68.9 Å². The van der Waals surface area contributed by atoms with Crippen LogP contribution in [0.5, 0.6) is 5.75 Å². The van der Waals surface area contributed by atoms with Crippen molar-refractivity contribution in [1.82, 2.24) is 19.6 Å². The Morgan fingerprint density at radius 3 is 2.69 bits per heavy atom. The Morgan fingerprint density at radius 2 is 2.00 bits per heavy atom. The van der Waals surface area contributed by atoms with Crippen LogP contribution in [-0.4, -0.2) is 79.1 Å². The van der Waals surface area contributed by atoms with Gasteiger partial charge in [-0.2, -0.15) is 18.6 Å². The van der Waals surface area contributed by atoms with Crippen molar-refractivity contribution in [3.05, 3.63) is 30.6 Å². The Morgan fingerprint density at radius 1 is 1.21 bits per heavy atom. The van der Waals surface area contributed by atoms with Gasteiger partial charge in [-0.3, -0.25) is 9.23 Å². The monoisotopic (exact) mass is 622 g/mol. The molecule has 0 aliphatic carbocycles. The molecule has 234 valence electrons. The molecule has 3 heterocycles. The molecule has 1 fully saturated rings. The number of hydrogen-bond acceptors (Lipinski definition) is 8. The van der Waals surface area contributed by atoms with Crippen molar-refractivity contribution in [2.45, 2.75) is 90.4 Å². The van der Waals surface area contributed by atoms with Crippen LogP contribution in [0.2, 0.25) is 18.1 Å². The zero-order valence-electron chi connectivity index (χ0n) is 25.7. The van der Waals surface area contributed by atoms with Crippen molar-refractivity contribution in [3.63, 3.8) is 0 Å². The summed E-state index contributed by atoms with van der Waals surface area (Å²) in [4.78, 5) is 0. The summed E-state index contributed by atoms with van der Waals surface area (Å²) in [7, 11) is -5.98. The van der Waals surface area contributed by atoms with Crippen LogP contribution >= 0.6 is 0 Å². The number of fused-ring (bicyclic) bond motifs is 1. The quantitative estimate of drug-likeness (QED) is 0.137. The molecule has 1 aromatic carbocycles. The lowest BCUT2D eigenvalue weighted by atomic mass is 10.1. The molecule has 2 atom stereocenters. The molecular weight excluding hydrogens is 576 g/mol. The van der Waals surface area contributed by atoms with Crippen LogP contribution in [0, 0.1) is 0 Å². The van der Waals surface area contributed by atoms with Crippen molar-refractivity contribution in [1.29, 1.82) is 0 Å². The fourth-order valence-electron chi connectivity index (χ4n) is 4.57. The summed E-state index contributed by atoms with van der Waals surface area (Å²) in [6.45, 7) is 15.4. The molecule has 42 heavy (non-hydrogen) atoms. The maximum Gasteiger partial charge on any atom is 0.264 e. The maximum atomic E-state index is 10.8. The molecule has 0 bridgehead atoms. The smallest absolute Gasteiger partial charge is 0.264 e. The average molecular weight is 623 g/mol. The molecule has 2 unspecified atom stereocenters. The number of nitrogens with zero attached hydrogens (tertiary/aromatic N) is 4. The Hall–Kier alpha value is -2.29. The van der Waals surface area contributed by atoms with Crippen LogP contribution < -0.4 is 4.43 Å². The first-order chi connectivity index (χ1) is 19.7. The lowest BCUT2D eigenvalue weighted by Crippen LogP contribution is -2.43. The maximum absolute atomic E-state index is 10.8. The van der Waals surface area contributed by atoms with E-state index in [9.17, 15) is 8.42 Å². The van der Waals surface area contributed by atoms with Gasteiger partial charge in [0.25, 0.3) is 10.1 Å². The SMILES string of the molecule is CC(COCCn1cc(-c2nn(C3CCCCO3)c3ccc(O[Si](C)(C)C(C)(C)C)cc23)cn1)OCCCS(=O)(=O)O. The minimum absolute atomic E-state index is 0.0845. The van der Waals surface area contributed by atoms with E-state index in [2.05, 4.69) is 51.1 Å². The highest BCUT2D eigenvalue weighted by atomic mass is 32.2. The number of benzene rings is 1. The summed E-state index contributed by atoms with van der Waals surface area (Å²) in [5.41, 5.74) is 2.77. The summed E-state index contributed by atoms with van der Waals surface area (Å²) in [6, 6.07) is 6.25. The zero-order chi connectivity index (χ0) is 30.5. The van der Waals surface area contributed by atoms with Gasteiger partial charge < -0.3 is 18.6 Å². The fraction of sp³-hybridized carbons (Fsp3) is 0.655. The highest BCUT2D eigenvalue weighted by molar-refractivity contribution is 7.85. The molecule has 1 aliphatic heterocycles. The third-order valence-corrected chi connectivity index (χ3v) is 13.1. The van der Waals surface area contributed by atoms with Gasteiger partial charge in [0.05, 0.1) is 43.3 Å². The third kappa shape index (κ3) is 8.63. The minimum atomic E-state index is -3.96. The Balaban J connectivity index is 1.45. The van der Waals surface area contributed by atoms with Crippen LogP contribution in [0.15, 0.2) is 30.6 Å². The largest absolute Gasteiger partial charge is 0.543 e. The van der Waals surface area contributed by atoms with E-state index in [-0.39, 0.29) is 36.2 Å². The van der Waals surface area contributed by atoms with E-state index < -0.39 is 18.4 Å². The van der Waals surface area contributed by atoms with E-state index in [0.717, 1.165) is 53.8 Å². The van der Waals surface area contributed by atoms with Crippen LogP contribution in [0.4, 0.5) is 0 Å². The van der Waals surface area contributed by atoms with Gasteiger partial charge in [-0.25, -0.2) is 4.68 Å². The Labute approximate surface area is 250 Å². The topological polar surface area (TPSA) is 127 Å². The number of aromatic nitrogens is 4. The first kappa shape index (κ1) is 32.6. The number of rotatable bonds is 14. The third-order valence-electron chi connectivity index (χ3n) is 7.96. The molecule has 13 heteroatoms. The van der Waals surface area contributed by atoms with E-state index in [1.807, 2.05) is 34.7 Å². The second-order valence-electron chi connectivity index (χ2n) is 12.5. The zero-order valence-corrected chi connectivity index (χ0v) is 27.5. The van der Waals surface area contributed by atoms with Gasteiger partial charge in [-0.1, -0.05) is 20.8 Å². The molecule has 1 aliphatic rings. The van der Waals surface area contributed by atoms with Gasteiger partial charge >= 0.3 is 0 Å². The summed E-state index contributed by atoms with van der Waals surface area (Å²) < 4.78 is 58.3. The molecule has 1 saturated heterocycles. The van der Waals surface area contributed by atoms with E-state index in [4.69, 9.17) is 28.3 Å². The fourth-order valence-corrected chi connectivity index (χ4v) is 6.08. The van der Waals surface area contributed by atoms with Crippen LogP contribution in [-0.2, 0) is 30.9 Å². The lowest BCUT2D eigenvalue weighted by molar-refractivity contribution is -0.0365. The highest BCUT2D eigenvalue weighted by Crippen LogP contribution is 2.39. The molecule has 2 aromatic heterocycles. The molecule has 4 rings (SSSR count). The van der Waals surface area contributed by atoms with E-state index in [1.54, 1.807) is 0 Å². The number of hydrogen-bond donors (Lipinski definition) is 1. The van der Waals surface area contributed by atoms with E-state index >= 15 is 0 Å². The van der Waals surface area contributed by atoms with Crippen molar-refractivity contribution >= 4 is 29.3 Å². The van der Waals surface area contributed by atoms with Gasteiger partial charge in [0.1, 0.15) is 11.4 Å². The predicted molar refractivity (Wildman–Crippen MR) is 165 cm³/mol. The normalized spacial score (nSPS) is 17.5. The summed E-state index contributed by atoms with van der Waals surface area (Å²) in [5.74, 6) is 0.545. The van der Waals surface area contributed by atoms with Gasteiger partial charge in [-0.15, -0.1) is 0 Å². The standard InChI is InChI=1S/C29H46N4O7SSi/c1-22(38-15-9-17-41(34,35)36)21-37-16-13-32-20-23(19-30-32)28-25-18-24(40-42(5,6)29(2,3)4)11-12-26(25)33(31-28)27-10-7-8-14-39-27/h11-12,18-20,22,27H,7-10,13-17,21H2,1-6H3,(H,34,35,36). The van der Waals surface area contributed by atoms with Crippen LogP contribution in [0.3, 0.4) is 0 Å². The first-order valence-electron chi connectivity index (χ1n) is 14.7. The Bertz CT molecular complexity index is 1430. The molecule has 0 saturated carbocycles. The number of ether oxygens (including phenoxy) is 3. The summed E-state index contributed by atoms with van der Waals surface area (Å²) in [5, 5.41) is 10.7. The van der Waals surface area contributed by atoms with Gasteiger partial charge in [0.2, 0.25) is 8.32 Å².